The van der Waals surface area contributed by atoms with Crippen LogP contribution in [0.3, 0.4) is 0 Å². The maximum atomic E-state index is 11.8. The van der Waals surface area contributed by atoms with Crippen LogP contribution in [0.2, 0.25) is 0 Å². The summed E-state index contributed by atoms with van der Waals surface area (Å²) < 4.78 is 0. The van der Waals surface area contributed by atoms with Gasteiger partial charge in [0.25, 0.3) is 5.91 Å². The van der Waals surface area contributed by atoms with Gasteiger partial charge in [-0.05, 0) is 37.2 Å². The average molecular weight is 247 g/mol. The Labute approximate surface area is 106 Å². The van der Waals surface area contributed by atoms with Crippen molar-refractivity contribution < 1.29 is 9.59 Å². The molecule has 0 fully saturated rings. The number of benzene rings is 1. The van der Waals surface area contributed by atoms with Crippen LogP contribution in [0.1, 0.15) is 22.3 Å². The second-order valence-corrected chi connectivity index (χ2v) is 4.28. The van der Waals surface area contributed by atoms with Crippen LogP contribution in [-0.4, -0.2) is 32.0 Å². The van der Waals surface area contributed by atoms with Crippen molar-refractivity contribution in [2.75, 3.05) is 25.5 Å². The molecular formula is C13H17N3O2. The zero-order chi connectivity index (χ0) is 13.0. The molecule has 5 nitrogen and oxygen atoms in total. The molecule has 1 heterocycles. The van der Waals surface area contributed by atoms with Crippen LogP contribution < -0.4 is 16.0 Å². The van der Waals surface area contributed by atoms with Gasteiger partial charge < -0.3 is 16.0 Å². The molecule has 0 saturated heterocycles. The number of hydrogen-bond acceptors (Lipinski definition) is 3. The molecule has 1 aromatic carbocycles. The number of hydrogen-bond donors (Lipinski definition) is 3. The van der Waals surface area contributed by atoms with Gasteiger partial charge in [0.05, 0.1) is 0 Å². The summed E-state index contributed by atoms with van der Waals surface area (Å²) in [6.45, 7) is 1.34. The second kappa shape index (κ2) is 5.64. The highest BCUT2D eigenvalue weighted by Crippen LogP contribution is 2.23. The minimum absolute atomic E-state index is 0.0359. The summed E-state index contributed by atoms with van der Waals surface area (Å²) in [6.07, 6.45) is 1.18. The summed E-state index contributed by atoms with van der Waals surface area (Å²) >= 11 is 0. The van der Waals surface area contributed by atoms with Crippen LogP contribution in [0.5, 0.6) is 0 Å². The summed E-state index contributed by atoms with van der Waals surface area (Å²) in [6, 6.07) is 5.38. The number of anilines is 1. The highest BCUT2D eigenvalue weighted by Gasteiger charge is 2.16. The number of carbonyl (C=O) groups excluding carboxylic acids is 2. The lowest BCUT2D eigenvalue weighted by atomic mass is 10.00. The molecule has 18 heavy (non-hydrogen) atoms. The molecule has 1 aromatic rings. The molecule has 0 atom stereocenters. The molecule has 0 spiro atoms. The van der Waals surface area contributed by atoms with Gasteiger partial charge in [-0.25, -0.2) is 0 Å². The highest BCUT2D eigenvalue weighted by atomic mass is 16.2. The van der Waals surface area contributed by atoms with E-state index in [1.165, 1.54) is 0 Å². The lowest BCUT2D eigenvalue weighted by Gasteiger charge is -2.17. The van der Waals surface area contributed by atoms with E-state index >= 15 is 0 Å². The molecule has 2 rings (SSSR count). The van der Waals surface area contributed by atoms with Gasteiger partial charge in [-0.1, -0.05) is 0 Å². The lowest BCUT2D eigenvalue weighted by molar-refractivity contribution is -0.116. The molecule has 0 unspecified atom stereocenters. The number of carbonyl (C=O) groups is 2. The quantitative estimate of drug-likeness (QED) is 0.679. The fourth-order valence-corrected chi connectivity index (χ4v) is 1.93. The summed E-state index contributed by atoms with van der Waals surface area (Å²) in [5, 5.41) is 8.59. The minimum Gasteiger partial charge on any atom is -0.351 e. The van der Waals surface area contributed by atoms with E-state index in [4.69, 9.17) is 0 Å². The van der Waals surface area contributed by atoms with Crippen LogP contribution >= 0.6 is 0 Å². The van der Waals surface area contributed by atoms with Gasteiger partial charge in [-0.2, -0.15) is 0 Å². The van der Waals surface area contributed by atoms with Crippen molar-refractivity contribution in [2.45, 2.75) is 12.8 Å². The molecule has 0 saturated carbocycles. The first-order chi connectivity index (χ1) is 8.70. The van der Waals surface area contributed by atoms with Crippen molar-refractivity contribution in [1.82, 2.24) is 10.6 Å². The van der Waals surface area contributed by atoms with E-state index in [0.717, 1.165) is 17.8 Å². The van der Waals surface area contributed by atoms with Gasteiger partial charge in [-0.3, -0.25) is 9.59 Å². The van der Waals surface area contributed by atoms with Crippen molar-refractivity contribution >= 4 is 17.5 Å². The number of nitrogens with one attached hydrogen (secondary N) is 3. The third-order valence-electron chi connectivity index (χ3n) is 2.92. The van der Waals surface area contributed by atoms with Gasteiger partial charge in [0.1, 0.15) is 0 Å². The largest absolute Gasteiger partial charge is 0.351 e. The van der Waals surface area contributed by atoms with Crippen molar-refractivity contribution in [3.63, 3.8) is 0 Å². The standard InChI is InChI=1S/C13H17N3O2/c1-14-6-7-15-13(18)10-2-4-11-9(8-10)3-5-12(17)16-11/h2,4,8,14H,3,5-7H2,1H3,(H,15,18)(H,16,17). The molecule has 0 aromatic heterocycles. The summed E-state index contributed by atoms with van der Waals surface area (Å²) in [5.74, 6) is -0.0429. The fourth-order valence-electron chi connectivity index (χ4n) is 1.93. The Morgan fingerprint density at radius 2 is 2.17 bits per heavy atom. The van der Waals surface area contributed by atoms with E-state index in [1.807, 2.05) is 13.1 Å². The maximum absolute atomic E-state index is 11.8. The normalized spacial score (nSPS) is 13.7. The van der Waals surface area contributed by atoms with Crippen molar-refractivity contribution in [3.05, 3.63) is 29.3 Å². The summed E-state index contributed by atoms with van der Waals surface area (Å²) in [5.41, 5.74) is 2.48. The summed E-state index contributed by atoms with van der Waals surface area (Å²) in [7, 11) is 1.84. The molecule has 1 aliphatic rings. The Morgan fingerprint density at radius 3 is 2.94 bits per heavy atom. The molecule has 0 bridgehead atoms. The van der Waals surface area contributed by atoms with Crippen molar-refractivity contribution in [2.24, 2.45) is 0 Å². The Morgan fingerprint density at radius 1 is 1.33 bits per heavy atom. The van der Waals surface area contributed by atoms with Crippen molar-refractivity contribution in [1.29, 1.82) is 0 Å². The fraction of sp³-hybridized carbons (Fsp3) is 0.385. The van der Waals surface area contributed by atoms with E-state index in [2.05, 4.69) is 16.0 Å². The average Bonchev–Trinajstić information content (AvgIpc) is 2.38. The van der Waals surface area contributed by atoms with Gasteiger partial charge in [0.15, 0.2) is 0 Å². The molecule has 0 aliphatic carbocycles. The predicted molar refractivity (Wildman–Crippen MR) is 69.7 cm³/mol. The van der Waals surface area contributed by atoms with Crippen LogP contribution in [0.15, 0.2) is 18.2 Å². The third-order valence-corrected chi connectivity index (χ3v) is 2.92. The van der Waals surface area contributed by atoms with E-state index in [1.54, 1.807) is 12.1 Å². The topological polar surface area (TPSA) is 70.2 Å². The number of amides is 2. The van der Waals surface area contributed by atoms with Gasteiger partial charge in [0, 0.05) is 30.8 Å². The zero-order valence-electron chi connectivity index (χ0n) is 10.4. The molecule has 3 N–H and O–H groups in total. The van der Waals surface area contributed by atoms with Gasteiger partial charge in [0.2, 0.25) is 5.91 Å². The monoisotopic (exact) mass is 247 g/mol. The van der Waals surface area contributed by atoms with Crippen LogP contribution in [0.4, 0.5) is 5.69 Å². The zero-order valence-corrected chi connectivity index (χ0v) is 10.4. The lowest BCUT2D eigenvalue weighted by Crippen LogP contribution is -2.30. The van der Waals surface area contributed by atoms with E-state index in [9.17, 15) is 9.59 Å². The minimum atomic E-state index is -0.0787. The third kappa shape index (κ3) is 2.87. The first-order valence-corrected chi connectivity index (χ1v) is 6.06. The number of likely N-dealkylation sites (N-methyl/N-ethyl adjacent to an activating group) is 1. The Bertz CT molecular complexity index is 471. The van der Waals surface area contributed by atoms with Gasteiger partial charge >= 0.3 is 0 Å². The smallest absolute Gasteiger partial charge is 0.251 e. The van der Waals surface area contributed by atoms with Crippen molar-refractivity contribution in [3.8, 4) is 0 Å². The highest BCUT2D eigenvalue weighted by molar-refractivity contribution is 5.97. The number of fused-ring (bicyclic) bond motifs is 1. The SMILES string of the molecule is CNCCNC(=O)c1ccc2c(c1)CCC(=O)N2. The Hall–Kier alpha value is -1.88. The van der Waals surface area contributed by atoms with Crippen LogP contribution in [0, 0.1) is 0 Å². The first-order valence-electron chi connectivity index (χ1n) is 6.06. The first kappa shape index (κ1) is 12.6. The summed E-state index contributed by atoms with van der Waals surface area (Å²) in [4.78, 5) is 23.1. The Balaban J connectivity index is 2.06. The van der Waals surface area contributed by atoms with E-state index in [0.29, 0.717) is 24.9 Å². The van der Waals surface area contributed by atoms with Gasteiger partial charge in [-0.15, -0.1) is 0 Å². The maximum Gasteiger partial charge on any atom is 0.251 e. The van der Waals surface area contributed by atoms with E-state index < -0.39 is 0 Å². The van der Waals surface area contributed by atoms with E-state index in [-0.39, 0.29) is 11.8 Å². The molecule has 0 radical (unpaired) electrons. The molecule has 96 valence electrons. The number of aryl methyl sites for hydroxylation is 1. The Kier molecular flexibility index (Phi) is 3.94. The molecule has 2 amide bonds. The second-order valence-electron chi connectivity index (χ2n) is 4.28. The molecule has 5 heteroatoms. The predicted octanol–water partition coefficient (Wildman–Crippen LogP) is 0.520. The molecule has 1 aliphatic heterocycles. The van der Waals surface area contributed by atoms with Crippen LogP contribution in [0.25, 0.3) is 0 Å². The molecular weight excluding hydrogens is 230 g/mol. The number of rotatable bonds is 4. The van der Waals surface area contributed by atoms with Crippen LogP contribution in [-0.2, 0) is 11.2 Å².